The molecule has 1 saturated carbocycles. The Morgan fingerprint density at radius 2 is 2.21 bits per heavy atom. The molecular formula is C16H25N3. The highest BCUT2D eigenvalue weighted by Gasteiger charge is 2.25. The largest absolute Gasteiger partial charge is 0.374 e. The van der Waals surface area contributed by atoms with Crippen LogP contribution in [0.5, 0.6) is 0 Å². The minimum absolute atomic E-state index is 0.873. The second kappa shape index (κ2) is 5.51. The highest BCUT2D eigenvalue weighted by molar-refractivity contribution is 5.58. The summed E-state index contributed by atoms with van der Waals surface area (Å²) in [7, 11) is 4.42. The average Bonchev–Trinajstić information content (AvgIpc) is 3.20. The zero-order chi connectivity index (χ0) is 13.2. The number of nitrogens with zero attached hydrogens (tertiary/aromatic N) is 2. The van der Waals surface area contributed by atoms with Crippen LogP contribution in [0.2, 0.25) is 0 Å². The van der Waals surface area contributed by atoms with Crippen molar-refractivity contribution in [3.05, 3.63) is 29.3 Å². The van der Waals surface area contributed by atoms with E-state index in [1.54, 1.807) is 0 Å². The fourth-order valence-corrected chi connectivity index (χ4v) is 2.92. The topological polar surface area (TPSA) is 18.5 Å². The molecule has 1 fully saturated rings. The Morgan fingerprint density at radius 3 is 3.00 bits per heavy atom. The Morgan fingerprint density at radius 1 is 1.37 bits per heavy atom. The van der Waals surface area contributed by atoms with Crippen LogP contribution >= 0.6 is 0 Å². The van der Waals surface area contributed by atoms with Crippen LogP contribution in [0.25, 0.3) is 0 Å². The van der Waals surface area contributed by atoms with Gasteiger partial charge in [-0.2, -0.15) is 0 Å². The minimum Gasteiger partial charge on any atom is -0.374 e. The molecule has 1 aliphatic heterocycles. The van der Waals surface area contributed by atoms with Gasteiger partial charge in [0.05, 0.1) is 0 Å². The summed E-state index contributed by atoms with van der Waals surface area (Å²) in [6.45, 7) is 4.41. The lowest BCUT2D eigenvalue weighted by molar-refractivity contribution is 0.321. The number of likely N-dealkylation sites (N-methyl/N-ethyl adjacent to an activating group) is 2. The first kappa shape index (κ1) is 12.9. The normalized spacial score (nSPS) is 18.2. The number of hydrogen-bond acceptors (Lipinski definition) is 3. The average molecular weight is 259 g/mol. The maximum absolute atomic E-state index is 3.56. The minimum atomic E-state index is 0.873. The van der Waals surface area contributed by atoms with Crippen molar-refractivity contribution in [1.82, 2.24) is 10.2 Å². The first-order valence-corrected chi connectivity index (χ1v) is 7.48. The molecule has 104 valence electrons. The summed E-state index contributed by atoms with van der Waals surface area (Å²) >= 11 is 0. The molecule has 0 amide bonds. The van der Waals surface area contributed by atoms with E-state index in [-0.39, 0.29) is 0 Å². The number of hydrogen-bond donors (Lipinski definition) is 1. The van der Waals surface area contributed by atoms with Crippen molar-refractivity contribution in [2.75, 3.05) is 38.6 Å². The lowest BCUT2D eigenvalue weighted by atomic mass is 10.1. The van der Waals surface area contributed by atoms with Gasteiger partial charge in [-0.1, -0.05) is 12.1 Å². The summed E-state index contributed by atoms with van der Waals surface area (Å²) in [5.41, 5.74) is 4.34. The van der Waals surface area contributed by atoms with Crippen molar-refractivity contribution in [3.8, 4) is 0 Å². The Labute approximate surface area is 116 Å². The second-order valence-electron chi connectivity index (χ2n) is 6.02. The van der Waals surface area contributed by atoms with Crippen molar-refractivity contribution in [1.29, 1.82) is 0 Å². The summed E-state index contributed by atoms with van der Waals surface area (Å²) in [6.07, 6.45) is 3.99. The zero-order valence-corrected chi connectivity index (χ0v) is 12.2. The van der Waals surface area contributed by atoms with E-state index in [4.69, 9.17) is 0 Å². The molecule has 1 aromatic carbocycles. The highest BCUT2D eigenvalue weighted by Crippen LogP contribution is 2.27. The third kappa shape index (κ3) is 3.10. The summed E-state index contributed by atoms with van der Waals surface area (Å²) in [5, 5.41) is 3.56. The van der Waals surface area contributed by atoms with Crippen molar-refractivity contribution >= 4 is 5.69 Å². The molecule has 1 heterocycles. The van der Waals surface area contributed by atoms with E-state index in [0.29, 0.717) is 0 Å². The quantitative estimate of drug-likeness (QED) is 0.787. The van der Waals surface area contributed by atoms with E-state index >= 15 is 0 Å². The molecule has 1 N–H and O–H groups in total. The molecule has 0 aromatic heterocycles. The van der Waals surface area contributed by atoms with Gasteiger partial charge in [0.2, 0.25) is 0 Å². The van der Waals surface area contributed by atoms with Gasteiger partial charge in [0.1, 0.15) is 0 Å². The molecule has 0 spiro atoms. The number of rotatable bonds is 6. The number of benzene rings is 1. The summed E-state index contributed by atoms with van der Waals surface area (Å²) < 4.78 is 0. The molecule has 1 aliphatic carbocycles. The third-order valence-electron chi connectivity index (χ3n) is 4.41. The van der Waals surface area contributed by atoms with Gasteiger partial charge in [-0.3, -0.25) is 0 Å². The number of anilines is 1. The van der Waals surface area contributed by atoms with E-state index in [0.717, 1.165) is 19.1 Å². The van der Waals surface area contributed by atoms with Gasteiger partial charge in [0.25, 0.3) is 0 Å². The van der Waals surface area contributed by atoms with Gasteiger partial charge in [0.15, 0.2) is 0 Å². The van der Waals surface area contributed by atoms with Gasteiger partial charge < -0.3 is 15.1 Å². The molecule has 0 radical (unpaired) electrons. The third-order valence-corrected chi connectivity index (χ3v) is 4.41. The van der Waals surface area contributed by atoms with Crippen LogP contribution < -0.4 is 10.2 Å². The fourth-order valence-electron chi connectivity index (χ4n) is 2.92. The molecule has 3 nitrogen and oxygen atoms in total. The molecule has 19 heavy (non-hydrogen) atoms. The van der Waals surface area contributed by atoms with Crippen molar-refractivity contribution in [3.63, 3.8) is 0 Å². The SMILES string of the molecule is CN1CCc2cc(CNCCN(C)C3CC3)ccc21. The van der Waals surface area contributed by atoms with Crippen LogP contribution in [0.4, 0.5) is 5.69 Å². The van der Waals surface area contributed by atoms with Crippen LogP contribution in [0, 0.1) is 0 Å². The summed E-state index contributed by atoms with van der Waals surface area (Å²) in [5.74, 6) is 0. The molecule has 3 heteroatoms. The second-order valence-corrected chi connectivity index (χ2v) is 6.02. The van der Waals surface area contributed by atoms with Gasteiger partial charge in [0, 0.05) is 45.0 Å². The summed E-state index contributed by atoms with van der Waals surface area (Å²) in [6, 6.07) is 7.78. The van der Waals surface area contributed by atoms with Gasteiger partial charge in [-0.25, -0.2) is 0 Å². The van der Waals surface area contributed by atoms with E-state index in [2.05, 4.69) is 47.4 Å². The molecule has 2 aliphatic rings. The van der Waals surface area contributed by atoms with E-state index in [1.807, 2.05) is 0 Å². The van der Waals surface area contributed by atoms with Gasteiger partial charge >= 0.3 is 0 Å². The van der Waals surface area contributed by atoms with E-state index < -0.39 is 0 Å². The fraction of sp³-hybridized carbons (Fsp3) is 0.625. The van der Waals surface area contributed by atoms with Crippen molar-refractivity contribution < 1.29 is 0 Å². The standard InChI is InChI=1S/C16H25N3/c1-18(15-4-5-15)10-8-17-12-13-3-6-16-14(11-13)7-9-19(16)2/h3,6,11,15,17H,4-5,7-10,12H2,1-2H3. The maximum atomic E-state index is 3.56. The smallest absolute Gasteiger partial charge is 0.0397 e. The van der Waals surface area contributed by atoms with E-state index in [9.17, 15) is 0 Å². The van der Waals surface area contributed by atoms with Crippen LogP contribution in [0.15, 0.2) is 18.2 Å². The molecule has 1 aromatic rings. The summed E-state index contributed by atoms with van der Waals surface area (Å²) in [4.78, 5) is 4.82. The predicted octanol–water partition coefficient (Wildman–Crippen LogP) is 1.86. The maximum Gasteiger partial charge on any atom is 0.0397 e. The molecule has 0 saturated heterocycles. The highest BCUT2D eigenvalue weighted by atomic mass is 15.2. The van der Waals surface area contributed by atoms with E-state index in [1.165, 1.54) is 49.2 Å². The molecule has 3 rings (SSSR count). The first-order chi connectivity index (χ1) is 9.24. The monoisotopic (exact) mass is 259 g/mol. The first-order valence-electron chi connectivity index (χ1n) is 7.48. The van der Waals surface area contributed by atoms with Crippen molar-refractivity contribution in [2.45, 2.75) is 31.8 Å². The van der Waals surface area contributed by atoms with Crippen LogP contribution in [0.1, 0.15) is 24.0 Å². The molecular weight excluding hydrogens is 234 g/mol. The van der Waals surface area contributed by atoms with Gasteiger partial charge in [-0.15, -0.1) is 0 Å². The Bertz CT molecular complexity index is 440. The van der Waals surface area contributed by atoms with Crippen molar-refractivity contribution in [2.24, 2.45) is 0 Å². The number of fused-ring (bicyclic) bond motifs is 1. The van der Waals surface area contributed by atoms with Gasteiger partial charge in [-0.05, 0) is 43.5 Å². The lowest BCUT2D eigenvalue weighted by Crippen LogP contribution is -2.30. The Hall–Kier alpha value is -1.06. The van der Waals surface area contributed by atoms with Crippen LogP contribution in [-0.4, -0.2) is 44.7 Å². The molecule has 0 bridgehead atoms. The lowest BCUT2D eigenvalue weighted by Gasteiger charge is -2.16. The Kier molecular flexibility index (Phi) is 3.76. The van der Waals surface area contributed by atoms with Crippen LogP contribution in [-0.2, 0) is 13.0 Å². The Balaban J connectivity index is 1.45. The number of nitrogens with one attached hydrogen (secondary N) is 1. The molecule has 0 unspecified atom stereocenters. The predicted molar refractivity (Wildman–Crippen MR) is 80.8 cm³/mol. The van der Waals surface area contributed by atoms with Crippen LogP contribution in [0.3, 0.4) is 0 Å². The zero-order valence-electron chi connectivity index (χ0n) is 12.2. The molecule has 0 atom stereocenters.